The molecule has 0 spiro atoms. The third-order valence-corrected chi connectivity index (χ3v) is 12.8. The van der Waals surface area contributed by atoms with E-state index >= 15 is 0 Å². The third kappa shape index (κ3) is 10.1. The van der Waals surface area contributed by atoms with Gasteiger partial charge < -0.3 is 35.6 Å². The summed E-state index contributed by atoms with van der Waals surface area (Å²) in [6.07, 6.45) is 1.41. The number of fused-ring (bicyclic) bond motifs is 2. The van der Waals surface area contributed by atoms with E-state index in [9.17, 15) is 19.5 Å². The van der Waals surface area contributed by atoms with Crippen molar-refractivity contribution in [3.8, 4) is 16.9 Å². The summed E-state index contributed by atoms with van der Waals surface area (Å²) in [7, 11) is 9.55. The maximum absolute atomic E-state index is 14.5. The van der Waals surface area contributed by atoms with Gasteiger partial charge in [0, 0.05) is 74.5 Å². The zero-order valence-electron chi connectivity index (χ0n) is 36.7. The first-order chi connectivity index (χ1) is 26.6. The van der Waals surface area contributed by atoms with E-state index < -0.39 is 24.2 Å². The number of carbonyl (C=O) groups is 3. The fraction of sp³-hybridized carbons (Fsp3) is 0.667. The molecule has 3 saturated carbocycles. The summed E-state index contributed by atoms with van der Waals surface area (Å²) in [5, 5.41) is 22.4. The van der Waals surface area contributed by atoms with Crippen LogP contribution in [0.1, 0.15) is 90.6 Å². The lowest BCUT2D eigenvalue weighted by molar-refractivity contribution is -0.177. The Morgan fingerprint density at radius 3 is 2.35 bits per heavy atom. The first-order valence-corrected chi connectivity index (χ1v) is 20.7. The van der Waals surface area contributed by atoms with Crippen molar-refractivity contribution < 1.29 is 29.1 Å². The molecule has 9 atom stereocenters. The van der Waals surface area contributed by atoms with Crippen LogP contribution in [0.5, 0.6) is 5.75 Å². The van der Waals surface area contributed by atoms with Crippen LogP contribution in [-0.2, 0) is 21.0 Å². The first kappa shape index (κ1) is 44.4. The monoisotopic (exact) mass is 791 g/mol. The SMILES string of the molecule is COc1c(CN2O[C@@H](CNC(C)=O)[C@@H]([C@H](C)O)[C@H]2C(=O)N[C@H]2C[C@@H]3C[C@@H]([C@@H]2C)C3(C)C)cccc1-c1cc(C(=O)N[C@H](CN(C)C)CC(C)(C)C)cc(N(C)C)c1. The largest absolute Gasteiger partial charge is 0.496 e. The molecular formula is C45H70N6O6. The van der Waals surface area contributed by atoms with Crippen LogP contribution < -0.4 is 25.6 Å². The molecule has 3 aliphatic carbocycles. The predicted octanol–water partition coefficient (Wildman–Crippen LogP) is 5.33. The minimum absolute atomic E-state index is 0.0278. The van der Waals surface area contributed by atoms with Gasteiger partial charge in [0.25, 0.3) is 5.91 Å². The maximum Gasteiger partial charge on any atom is 0.251 e. The molecule has 4 fully saturated rings. The van der Waals surface area contributed by atoms with Crippen molar-refractivity contribution in [2.75, 3.05) is 53.3 Å². The number of hydroxylamine groups is 2. The number of hydrogen-bond acceptors (Lipinski definition) is 9. The molecule has 6 rings (SSSR count). The second-order valence-electron chi connectivity index (χ2n) is 19.3. The Labute approximate surface area is 341 Å². The lowest BCUT2D eigenvalue weighted by Gasteiger charge is -2.62. The highest BCUT2D eigenvalue weighted by molar-refractivity contribution is 5.97. The van der Waals surface area contributed by atoms with Crippen LogP contribution >= 0.6 is 0 Å². The summed E-state index contributed by atoms with van der Waals surface area (Å²) in [6.45, 7) is 17.6. The van der Waals surface area contributed by atoms with Crippen LogP contribution in [0.4, 0.5) is 5.69 Å². The van der Waals surface area contributed by atoms with Gasteiger partial charge in [0.05, 0.1) is 19.8 Å². The second-order valence-corrected chi connectivity index (χ2v) is 19.3. The summed E-state index contributed by atoms with van der Waals surface area (Å²) in [5.41, 5.74) is 4.06. The van der Waals surface area contributed by atoms with Crippen molar-refractivity contribution in [1.82, 2.24) is 25.9 Å². The van der Waals surface area contributed by atoms with E-state index in [-0.39, 0.29) is 53.7 Å². The number of anilines is 1. The smallest absolute Gasteiger partial charge is 0.251 e. The molecule has 1 aliphatic heterocycles. The zero-order valence-corrected chi connectivity index (χ0v) is 36.7. The highest BCUT2D eigenvalue weighted by Gasteiger charge is 2.57. The van der Waals surface area contributed by atoms with E-state index in [1.807, 2.05) is 69.5 Å². The Kier molecular flexibility index (Phi) is 13.7. The Balaban J connectivity index is 1.48. The van der Waals surface area contributed by atoms with Crippen LogP contribution in [0.3, 0.4) is 0 Å². The normalized spacial score (nSPS) is 26.6. The Morgan fingerprint density at radius 2 is 1.79 bits per heavy atom. The number of nitrogens with zero attached hydrogens (tertiary/aromatic N) is 3. The number of carbonyl (C=O) groups excluding carboxylic acids is 3. The van der Waals surface area contributed by atoms with Gasteiger partial charge >= 0.3 is 0 Å². The van der Waals surface area contributed by atoms with E-state index in [1.165, 1.54) is 13.3 Å². The van der Waals surface area contributed by atoms with E-state index in [4.69, 9.17) is 9.57 Å². The van der Waals surface area contributed by atoms with Gasteiger partial charge in [0.15, 0.2) is 0 Å². The Morgan fingerprint density at radius 1 is 1.09 bits per heavy atom. The minimum atomic E-state index is -0.895. The molecule has 4 aliphatic rings. The number of aliphatic hydroxyl groups excluding tert-OH is 1. The fourth-order valence-electron chi connectivity index (χ4n) is 9.86. The second kappa shape index (κ2) is 17.6. The zero-order chi connectivity index (χ0) is 42.1. The molecule has 1 heterocycles. The number of likely N-dealkylation sites (N-methyl/N-ethyl adjacent to an activating group) is 1. The molecule has 12 heteroatoms. The number of methoxy groups -OCH3 is 1. The molecule has 0 unspecified atom stereocenters. The van der Waals surface area contributed by atoms with Gasteiger partial charge in [-0.15, -0.1) is 0 Å². The van der Waals surface area contributed by atoms with Crippen molar-refractivity contribution in [3.63, 3.8) is 0 Å². The quantitative estimate of drug-likeness (QED) is 0.189. The number of benzene rings is 2. The van der Waals surface area contributed by atoms with Crippen LogP contribution in [0.2, 0.25) is 0 Å². The average Bonchev–Trinajstić information content (AvgIpc) is 3.48. The van der Waals surface area contributed by atoms with Crippen LogP contribution in [0, 0.1) is 34.5 Å². The van der Waals surface area contributed by atoms with Gasteiger partial charge in [-0.05, 0) is 92.6 Å². The summed E-state index contributed by atoms with van der Waals surface area (Å²) in [4.78, 5) is 51.1. The average molecular weight is 791 g/mol. The van der Waals surface area contributed by atoms with Gasteiger partial charge in [-0.3, -0.25) is 19.2 Å². The van der Waals surface area contributed by atoms with E-state index in [0.29, 0.717) is 29.1 Å². The molecule has 0 aromatic heterocycles. The molecule has 1 saturated heterocycles. The number of nitrogens with one attached hydrogen (secondary N) is 3. The number of aliphatic hydroxyl groups is 1. The number of rotatable bonds is 15. The first-order valence-electron chi connectivity index (χ1n) is 20.7. The van der Waals surface area contributed by atoms with Crippen molar-refractivity contribution >= 4 is 23.4 Å². The topological polar surface area (TPSA) is 136 Å². The van der Waals surface area contributed by atoms with Crippen LogP contribution in [-0.4, -0.2) is 112 Å². The third-order valence-electron chi connectivity index (χ3n) is 12.8. The highest BCUT2D eigenvalue weighted by atomic mass is 16.7. The number of amides is 3. The van der Waals surface area contributed by atoms with E-state index in [1.54, 1.807) is 19.1 Å². The molecule has 0 radical (unpaired) electrons. The Hall–Kier alpha value is -3.71. The number of ether oxygens (including phenoxy) is 1. The van der Waals surface area contributed by atoms with Crippen molar-refractivity contribution in [3.05, 3.63) is 47.5 Å². The van der Waals surface area contributed by atoms with Crippen LogP contribution in [0.15, 0.2) is 36.4 Å². The molecule has 2 aromatic rings. The molecular weight excluding hydrogens is 721 g/mol. The summed E-state index contributed by atoms with van der Waals surface area (Å²) >= 11 is 0. The molecule has 3 amide bonds. The minimum Gasteiger partial charge on any atom is -0.496 e. The molecule has 12 nitrogen and oxygen atoms in total. The molecule has 316 valence electrons. The Bertz CT molecular complexity index is 1750. The number of para-hydroxylation sites is 1. The van der Waals surface area contributed by atoms with Crippen LogP contribution in [0.25, 0.3) is 11.1 Å². The summed E-state index contributed by atoms with van der Waals surface area (Å²) < 4.78 is 6.14. The molecule has 2 aromatic carbocycles. The highest BCUT2D eigenvalue weighted by Crippen LogP contribution is 2.61. The van der Waals surface area contributed by atoms with Crippen molar-refractivity contribution in [1.29, 1.82) is 0 Å². The summed E-state index contributed by atoms with van der Waals surface area (Å²) in [6, 6.07) is 10.9. The van der Waals surface area contributed by atoms with Gasteiger partial charge in [0.2, 0.25) is 11.8 Å². The van der Waals surface area contributed by atoms with Gasteiger partial charge in [-0.1, -0.05) is 59.7 Å². The standard InChI is InChI=1S/C45H70N6O6/c1-26-36-20-32(45(36,7)8)21-37(26)48-43(55)40-39(27(2)52)38(23-46-28(3)53)57-51(40)24-29-15-14-16-35(41(29)56-13)30-17-31(19-34(18-30)50(11)12)42(54)47-33(25-49(9)10)22-44(4,5)6/h14-19,26-27,32-33,36-40,52H,20-25H2,1-13H3,(H,46,53)(H,47,54)(H,48,55)/t26-,27-,32-,33-,36-,37-,38-,39+,40-/m0/s1. The number of hydrogen-bond donors (Lipinski definition) is 4. The molecule has 4 N–H and O–H groups in total. The molecule has 57 heavy (non-hydrogen) atoms. The lowest BCUT2D eigenvalue weighted by Crippen LogP contribution is -2.62. The van der Waals surface area contributed by atoms with Crippen molar-refractivity contribution in [2.45, 2.75) is 112 Å². The lowest BCUT2D eigenvalue weighted by atomic mass is 9.45. The maximum atomic E-state index is 14.5. The fourth-order valence-corrected chi connectivity index (χ4v) is 9.86. The van der Waals surface area contributed by atoms with E-state index in [2.05, 4.69) is 62.4 Å². The van der Waals surface area contributed by atoms with E-state index in [0.717, 1.165) is 41.8 Å². The van der Waals surface area contributed by atoms with Gasteiger partial charge in [-0.25, -0.2) is 0 Å². The van der Waals surface area contributed by atoms with Crippen molar-refractivity contribution in [2.24, 2.45) is 34.5 Å². The molecule has 2 bridgehead atoms. The van der Waals surface area contributed by atoms with Gasteiger partial charge in [0.1, 0.15) is 17.9 Å². The predicted molar refractivity (Wildman–Crippen MR) is 226 cm³/mol. The van der Waals surface area contributed by atoms with Gasteiger partial charge in [-0.2, -0.15) is 5.06 Å². The summed E-state index contributed by atoms with van der Waals surface area (Å²) in [5.74, 6) is 0.858.